The number of nitrogens with one attached hydrogen (secondary N) is 1. The number of anilines is 1. The topological polar surface area (TPSA) is 65.5 Å². The van der Waals surface area contributed by atoms with Crippen molar-refractivity contribution in [3.05, 3.63) is 10.6 Å². The van der Waals surface area contributed by atoms with Gasteiger partial charge in [-0.3, -0.25) is 4.79 Å². The number of carbonyl (C=O) groups is 1. The van der Waals surface area contributed by atoms with E-state index in [9.17, 15) is 9.90 Å². The SMILES string of the molecule is CNc1nc2c(s1)C[C@@]1(C)CC[C@H]([C@H](C)C(=O)N3CCSCC3)[C@H](O)[C@H]1[C@H]2C. The van der Waals surface area contributed by atoms with Crippen LogP contribution >= 0.6 is 23.1 Å². The van der Waals surface area contributed by atoms with Crippen LogP contribution in [-0.4, -0.2) is 58.6 Å². The van der Waals surface area contributed by atoms with E-state index in [0.29, 0.717) is 0 Å². The van der Waals surface area contributed by atoms with Gasteiger partial charge in [-0.1, -0.05) is 20.8 Å². The van der Waals surface area contributed by atoms with E-state index in [2.05, 4.69) is 19.2 Å². The quantitative estimate of drug-likeness (QED) is 0.780. The average molecular weight is 424 g/mol. The first-order chi connectivity index (χ1) is 13.4. The summed E-state index contributed by atoms with van der Waals surface area (Å²) in [4.78, 5) is 21.3. The molecule has 2 aliphatic carbocycles. The lowest BCUT2D eigenvalue weighted by Gasteiger charge is -2.53. The minimum Gasteiger partial charge on any atom is -0.392 e. The van der Waals surface area contributed by atoms with Crippen molar-refractivity contribution >= 4 is 34.1 Å². The molecule has 28 heavy (non-hydrogen) atoms. The third-order valence-corrected chi connectivity index (χ3v) is 9.52. The molecule has 3 aliphatic rings. The van der Waals surface area contributed by atoms with Crippen molar-refractivity contribution in [3.63, 3.8) is 0 Å². The number of amides is 1. The molecule has 1 aromatic heterocycles. The number of hydrogen-bond acceptors (Lipinski definition) is 6. The van der Waals surface area contributed by atoms with E-state index in [1.807, 2.05) is 30.6 Å². The van der Waals surface area contributed by atoms with E-state index in [4.69, 9.17) is 4.98 Å². The Kier molecular flexibility index (Phi) is 5.71. The number of fused-ring (bicyclic) bond motifs is 2. The molecule has 1 saturated carbocycles. The van der Waals surface area contributed by atoms with Gasteiger partial charge in [-0.2, -0.15) is 11.8 Å². The lowest BCUT2D eigenvalue weighted by Crippen LogP contribution is -2.54. The number of rotatable bonds is 3. The normalized spacial score (nSPS) is 36.4. The summed E-state index contributed by atoms with van der Waals surface area (Å²) in [5, 5.41) is 15.6. The Morgan fingerprint density at radius 1 is 1.39 bits per heavy atom. The van der Waals surface area contributed by atoms with Crippen LogP contribution in [0.25, 0.3) is 0 Å². The summed E-state index contributed by atoms with van der Waals surface area (Å²) in [5.74, 6) is 2.62. The van der Waals surface area contributed by atoms with Crippen molar-refractivity contribution < 1.29 is 9.90 Å². The van der Waals surface area contributed by atoms with Gasteiger partial charge in [0.05, 0.1) is 11.8 Å². The molecule has 156 valence electrons. The highest BCUT2D eigenvalue weighted by Gasteiger charge is 2.54. The maximum atomic E-state index is 13.1. The number of nitrogens with zero attached hydrogens (tertiary/aromatic N) is 2. The molecular formula is C21H33N3O2S2. The van der Waals surface area contributed by atoms with Crippen LogP contribution in [0.15, 0.2) is 0 Å². The van der Waals surface area contributed by atoms with Crippen molar-refractivity contribution in [3.8, 4) is 0 Å². The highest BCUT2D eigenvalue weighted by Crippen LogP contribution is 2.57. The first kappa shape index (κ1) is 20.5. The standard InChI is InChI=1S/C21H33N3O2S2/c1-12(19(26)24-7-9-27-10-8-24)14-5-6-21(3)11-15-17(23-20(22-4)28-15)13(2)16(21)18(14)25/h12-14,16,18,25H,5-11H2,1-4H3,(H,22,23)/t12-,13+,14+,16+,18-,21+/m0/s1. The third-order valence-electron chi connectivity index (χ3n) is 7.49. The van der Waals surface area contributed by atoms with Crippen LogP contribution in [0.4, 0.5) is 5.13 Å². The van der Waals surface area contributed by atoms with Crippen LogP contribution in [0.2, 0.25) is 0 Å². The first-order valence-electron chi connectivity index (χ1n) is 10.6. The van der Waals surface area contributed by atoms with Gasteiger partial charge in [0.25, 0.3) is 0 Å². The summed E-state index contributed by atoms with van der Waals surface area (Å²) in [6.07, 6.45) is 2.55. The number of thiazole rings is 1. The Labute approximate surface area is 176 Å². The summed E-state index contributed by atoms with van der Waals surface area (Å²) in [7, 11) is 1.92. The molecule has 7 heteroatoms. The number of aliphatic hydroxyl groups excluding tert-OH is 1. The number of hydrogen-bond donors (Lipinski definition) is 2. The van der Waals surface area contributed by atoms with Gasteiger partial charge in [0.2, 0.25) is 5.91 Å². The predicted octanol–water partition coefficient (Wildman–Crippen LogP) is 3.45. The third kappa shape index (κ3) is 3.37. The molecule has 5 nitrogen and oxygen atoms in total. The molecular weight excluding hydrogens is 390 g/mol. The van der Waals surface area contributed by atoms with Crippen LogP contribution in [0, 0.1) is 23.2 Å². The number of aromatic nitrogens is 1. The number of carbonyl (C=O) groups excluding carboxylic acids is 1. The van der Waals surface area contributed by atoms with E-state index in [-0.39, 0.29) is 35.0 Å². The van der Waals surface area contributed by atoms with Crippen molar-refractivity contribution in [1.29, 1.82) is 0 Å². The minimum atomic E-state index is -0.445. The zero-order valence-corrected chi connectivity index (χ0v) is 19.0. The Balaban J connectivity index is 1.56. The Hall–Kier alpha value is -0.790. The van der Waals surface area contributed by atoms with E-state index in [1.54, 1.807) is 11.3 Å². The van der Waals surface area contributed by atoms with Crippen molar-refractivity contribution in [2.75, 3.05) is 37.0 Å². The summed E-state index contributed by atoms with van der Waals surface area (Å²) in [5.41, 5.74) is 1.24. The van der Waals surface area contributed by atoms with Gasteiger partial charge >= 0.3 is 0 Å². The van der Waals surface area contributed by atoms with Gasteiger partial charge in [0.1, 0.15) is 0 Å². The van der Waals surface area contributed by atoms with Crippen LogP contribution in [0.1, 0.15) is 50.1 Å². The van der Waals surface area contributed by atoms with E-state index in [1.165, 1.54) is 4.88 Å². The second-order valence-electron chi connectivity index (χ2n) is 9.14. The molecule has 2 fully saturated rings. The van der Waals surface area contributed by atoms with Crippen LogP contribution in [-0.2, 0) is 11.2 Å². The van der Waals surface area contributed by atoms with Crippen LogP contribution in [0.3, 0.4) is 0 Å². The largest absolute Gasteiger partial charge is 0.392 e. The maximum Gasteiger partial charge on any atom is 0.225 e. The molecule has 0 spiro atoms. The van der Waals surface area contributed by atoms with E-state index >= 15 is 0 Å². The molecule has 4 rings (SSSR count). The van der Waals surface area contributed by atoms with Gasteiger partial charge in [-0.25, -0.2) is 4.98 Å². The minimum absolute atomic E-state index is 0.0477. The van der Waals surface area contributed by atoms with Gasteiger partial charge in [0, 0.05) is 48.4 Å². The fourth-order valence-electron chi connectivity index (χ4n) is 5.91. The highest BCUT2D eigenvalue weighted by molar-refractivity contribution is 7.99. The molecule has 1 aliphatic heterocycles. The molecule has 6 atom stereocenters. The fourth-order valence-corrected chi connectivity index (χ4v) is 8.03. The lowest BCUT2D eigenvalue weighted by molar-refractivity contribution is -0.144. The van der Waals surface area contributed by atoms with Crippen LogP contribution < -0.4 is 5.32 Å². The molecule has 1 saturated heterocycles. The fraction of sp³-hybridized carbons (Fsp3) is 0.810. The molecule has 0 bridgehead atoms. The van der Waals surface area contributed by atoms with Crippen molar-refractivity contribution in [2.24, 2.45) is 23.2 Å². The Morgan fingerprint density at radius 3 is 2.79 bits per heavy atom. The molecule has 1 aromatic rings. The second-order valence-corrected chi connectivity index (χ2v) is 11.5. The second kappa shape index (κ2) is 7.80. The molecule has 0 radical (unpaired) electrons. The summed E-state index contributed by atoms with van der Waals surface area (Å²) in [6, 6.07) is 0. The molecule has 0 aromatic carbocycles. The number of aliphatic hydroxyl groups is 1. The maximum absolute atomic E-state index is 13.1. The molecule has 2 N–H and O–H groups in total. The smallest absolute Gasteiger partial charge is 0.225 e. The Bertz CT molecular complexity index is 733. The van der Waals surface area contributed by atoms with Crippen LogP contribution in [0.5, 0.6) is 0 Å². The molecule has 2 heterocycles. The lowest BCUT2D eigenvalue weighted by atomic mass is 9.53. The first-order valence-corrected chi connectivity index (χ1v) is 12.5. The highest BCUT2D eigenvalue weighted by atomic mass is 32.2. The summed E-state index contributed by atoms with van der Waals surface area (Å²) >= 11 is 3.68. The summed E-state index contributed by atoms with van der Waals surface area (Å²) in [6.45, 7) is 8.30. The molecule has 1 amide bonds. The average Bonchev–Trinajstić information content (AvgIpc) is 3.10. The van der Waals surface area contributed by atoms with Crippen molar-refractivity contribution in [1.82, 2.24) is 9.88 Å². The monoisotopic (exact) mass is 423 g/mol. The Morgan fingerprint density at radius 2 is 2.11 bits per heavy atom. The molecule has 0 unspecified atom stereocenters. The van der Waals surface area contributed by atoms with E-state index < -0.39 is 6.10 Å². The van der Waals surface area contributed by atoms with Crippen molar-refractivity contribution in [2.45, 2.75) is 52.1 Å². The summed E-state index contributed by atoms with van der Waals surface area (Å²) < 4.78 is 0. The van der Waals surface area contributed by atoms with Gasteiger partial charge in [-0.05, 0) is 36.5 Å². The van der Waals surface area contributed by atoms with E-state index in [0.717, 1.165) is 54.7 Å². The number of thioether (sulfide) groups is 1. The van der Waals surface area contributed by atoms with Gasteiger partial charge < -0.3 is 15.3 Å². The zero-order valence-electron chi connectivity index (χ0n) is 17.4. The zero-order chi connectivity index (χ0) is 20.1. The van der Waals surface area contributed by atoms with Gasteiger partial charge in [0.15, 0.2) is 5.13 Å². The predicted molar refractivity (Wildman–Crippen MR) is 117 cm³/mol. The van der Waals surface area contributed by atoms with Gasteiger partial charge in [-0.15, -0.1) is 11.3 Å².